The van der Waals surface area contributed by atoms with Crippen LogP contribution in [0.2, 0.25) is 18.1 Å². The van der Waals surface area contributed by atoms with Crippen LogP contribution in [0.3, 0.4) is 0 Å². The van der Waals surface area contributed by atoms with Crippen LogP contribution in [-0.4, -0.2) is 67.6 Å². The lowest BCUT2D eigenvalue weighted by Gasteiger charge is -2.44. The van der Waals surface area contributed by atoms with Crippen LogP contribution in [0.5, 0.6) is 0 Å². The lowest BCUT2D eigenvalue weighted by Crippen LogP contribution is -2.58. The number of carbonyl (C=O) groups is 1. The van der Waals surface area contributed by atoms with Crippen molar-refractivity contribution >= 4 is 14.4 Å². The smallest absolute Gasteiger partial charge is 0.407 e. The summed E-state index contributed by atoms with van der Waals surface area (Å²) in [6, 6.07) is 0.487. The van der Waals surface area contributed by atoms with Crippen LogP contribution in [0.15, 0.2) is 0 Å². The molecule has 5 nitrogen and oxygen atoms in total. The molecule has 1 aliphatic rings. The average Bonchev–Trinajstić information content (AvgIpc) is 2.30. The Kier molecular flexibility index (Phi) is 5.86. The van der Waals surface area contributed by atoms with E-state index in [-0.39, 0.29) is 17.1 Å². The van der Waals surface area contributed by atoms with Gasteiger partial charge in [0.15, 0.2) is 8.32 Å². The van der Waals surface area contributed by atoms with Crippen molar-refractivity contribution in [2.24, 2.45) is 0 Å². The Labute approximate surface area is 130 Å². The maximum atomic E-state index is 11.1. The van der Waals surface area contributed by atoms with E-state index in [0.717, 1.165) is 13.2 Å². The third kappa shape index (κ3) is 4.69. The SMILES string of the molecule is CC1CN(C(=O)O)CC(C)N1CCO[Si](C)(C)C(C)(C)C. The molecule has 0 radical (unpaired) electrons. The van der Waals surface area contributed by atoms with Crippen LogP contribution in [0, 0.1) is 0 Å². The summed E-state index contributed by atoms with van der Waals surface area (Å²) in [5.74, 6) is 0. The average molecular weight is 317 g/mol. The van der Waals surface area contributed by atoms with Crippen molar-refractivity contribution in [3.63, 3.8) is 0 Å². The van der Waals surface area contributed by atoms with E-state index in [2.05, 4.69) is 52.6 Å². The largest absolute Gasteiger partial charge is 0.465 e. The Hall–Kier alpha value is -0.593. The summed E-state index contributed by atoms with van der Waals surface area (Å²) in [6.07, 6.45) is -0.814. The molecule has 0 saturated carbocycles. The Morgan fingerprint density at radius 1 is 1.24 bits per heavy atom. The van der Waals surface area contributed by atoms with Crippen LogP contribution in [-0.2, 0) is 4.43 Å². The maximum Gasteiger partial charge on any atom is 0.407 e. The van der Waals surface area contributed by atoms with Gasteiger partial charge in [-0.3, -0.25) is 4.90 Å². The number of nitrogens with zero attached hydrogens (tertiary/aromatic N) is 2. The lowest BCUT2D eigenvalue weighted by molar-refractivity contribution is 0.0311. The summed E-state index contributed by atoms with van der Waals surface area (Å²) >= 11 is 0. The minimum Gasteiger partial charge on any atom is -0.465 e. The highest BCUT2D eigenvalue weighted by Crippen LogP contribution is 2.36. The van der Waals surface area contributed by atoms with Crippen molar-refractivity contribution in [2.75, 3.05) is 26.2 Å². The number of hydrogen-bond donors (Lipinski definition) is 1. The molecule has 2 atom stereocenters. The van der Waals surface area contributed by atoms with Crippen LogP contribution in [0.1, 0.15) is 34.6 Å². The first-order chi connectivity index (χ1) is 9.45. The van der Waals surface area contributed by atoms with E-state index < -0.39 is 14.4 Å². The van der Waals surface area contributed by atoms with Crippen LogP contribution in [0.25, 0.3) is 0 Å². The fourth-order valence-corrected chi connectivity index (χ4v) is 3.61. The number of rotatable bonds is 4. The zero-order valence-electron chi connectivity index (χ0n) is 14.6. The minimum atomic E-state index is -1.70. The van der Waals surface area contributed by atoms with Crippen molar-refractivity contribution < 1.29 is 14.3 Å². The standard InChI is InChI=1S/C15H32N2O3Si/c1-12-10-16(14(18)19)11-13(2)17(12)8-9-20-21(6,7)15(3,4)5/h12-13H,8-11H2,1-7H3,(H,18,19). The monoisotopic (exact) mass is 316 g/mol. The van der Waals surface area contributed by atoms with Gasteiger partial charge in [-0.15, -0.1) is 0 Å². The molecule has 1 saturated heterocycles. The summed E-state index contributed by atoms with van der Waals surface area (Å²) in [4.78, 5) is 15.0. The molecule has 1 heterocycles. The first-order valence-corrected chi connectivity index (χ1v) is 10.7. The molecule has 1 amide bonds. The molecule has 0 aliphatic carbocycles. The highest BCUT2D eigenvalue weighted by atomic mass is 28.4. The van der Waals surface area contributed by atoms with Gasteiger partial charge in [0, 0.05) is 38.3 Å². The molecule has 1 aliphatic heterocycles. The Morgan fingerprint density at radius 2 is 1.71 bits per heavy atom. The first kappa shape index (κ1) is 18.5. The minimum absolute atomic E-state index is 0.228. The Bertz CT molecular complexity index is 356. The molecule has 1 N–H and O–H groups in total. The molecular formula is C15H32N2O3Si. The molecule has 2 unspecified atom stereocenters. The van der Waals surface area contributed by atoms with E-state index in [4.69, 9.17) is 9.53 Å². The van der Waals surface area contributed by atoms with Gasteiger partial charge in [-0.05, 0) is 32.0 Å². The van der Waals surface area contributed by atoms with Crippen LogP contribution >= 0.6 is 0 Å². The van der Waals surface area contributed by atoms with Crippen molar-refractivity contribution in [3.05, 3.63) is 0 Å². The third-order valence-corrected chi connectivity index (χ3v) is 9.53. The van der Waals surface area contributed by atoms with E-state index in [0.29, 0.717) is 13.1 Å². The molecule has 1 fully saturated rings. The van der Waals surface area contributed by atoms with Gasteiger partial charge >= 0.3 is 6.09 Å². The molecule has 21 heavy (non-hydrogen) atoms. The molecule has 0 aromatic heterocycles. The van der Waals surface area contributed by atoms with E-state index in [1.54, 1.807) is 0 Å². The molecule has 6 heteroatoms. The molecule has 0 bridgehead atoms. The highest BCUT2D eigenvalue weighted by molar-refractivity contribution is 6.74. The second-order valence-electron chi connectivity index (χ2n) is 7.73. The van der Waals surface area contributed by atoms with E-state index in [1.165, 1.54) is 4.90 Å². The Morgan fingerprint density at radius 3 is 2.10 bits per heavy atom. The molecule has 124 valence electrons. The number of piperazine rings is 1. The summed E-state index contributed by atoms with van der Waals surface area (Å²) in [7, 11) is -1.70. The molecule has 0 spiro atoms. The topological polar surface area (TPSA) is 53.0 Å². The zero-order chi connectivity index (χ0) is 16.4. The van der Waals surface area contributed by atoms with Gasteiger partial charge in [-0.1, -0.05) is 20.8 Å². The summed E-state index contributed by atoms with van der Waals surface area (Å²) in [5.41, 5.74) is 0. The fraction of sp³-hybridized carbons (Fsp3) is 0.933. The summed E-state index contributed by atoms with van der Waals surface area (Å²) < 4.78 is 6.23. The maximum absolute atomic E-state index is 11.1. The quantitative estimate of drug-likeness (QED) is 0.810. The van der Waals surface area contributed by atoms with Crippen molar-refractivity contribution in [1.29, 1.82) is 0 Å². The second kappa shape index (κ2) is 6.67. The van der Waals surface area contributed by atoms with Crippen LogP contribution < -0.4 is 0 Å². The molecule has 1 rings (SSSR count). The molecule has 0 aromatic rings. The van der Waals surface area contributed by atoms with Gasteiger partial charge in [-0.2, -0.15) is 0 Å². The number of carboxylic acid groups (broad SMARTS) is 1. The normalized spacial score (nSPS) is 25.2. The summed E-state index contributed by atoms with van der Waals surface area (Å²) in [5, 5.41) is 9.35. The van der Waals surface area contributed by atoms with Crippen molar-refractivity contribution in [1.82, 2.24) is 9.80 Å². The van der Waals surface area contributed by atoms with Gasteiger partial charge < -0.3 is 14.4 Å². The third-order valence-electron chi connectivity index (χ3n) is 4.99. The molecule has 0 aromatic carbocycles. The molecular weight excluding hydrogens is 284 g/mol. The highest BCUT2D eigenvalue weighted by Gasteiger charge is 2.37. The first-order valence-electron chi connectivity index (χ1n) is 7.83. The second-order valence-corrected chi connectivity index (χ2v) is 12.5. The number of amides is 1. The predicted molar refractivity (Wildman–Crippen MR) is 88.4 cm³/mol. The lowest BCUT2D eigenvalue weighted by atomic mass is 10.1. The fourth-order valence-electron chi connectivity index (χ4n) is 2.58. The van der Waals surface area contributed by atoms with Crippen molar-refractivity contribution in [3.8, 4) is 0 Å². The van der Waals surface area contributed by atoms with Crippen molar-refractivity contribution in [2.45, 2.75) is 64.8 Å². The van der Waals surface area contributed by atoms with Gasteiger partial charge in [0.1, 0.15) is 0 Å². The van der Waals surface area contributed by atoms with Gasteiger partial charge in [-0.25, -0.2) is 4.79 Å². The van der Waals surface area contributed by atoms with E-state index in [9.17, 15) is 4.79 Å². The van der Waals surface area contributed by atoms with Gasteiger partial charge in [0.25, 0.3) is 0 Å². The van der Waals surface area contributed by atoms with Gasteiger partial charge in [0.05, 0.1) is 0 Å². The van der Waals surface area contributed by atoms with Gasteiger partial charge in [0.2, 0.25) is 0 Å². The van der Waals surface area contributed by atoms with E-state index >= 15 is 0 Å². The zero-order valence-corrected chi connectivity index (χ0v) is 15.6. The van der Waals surface area contributed by atoms with Crippen LogP contribution in [0.4, 0.5) is 4.79 Å². The number of hydrogen-bond acceptors (Lipinski definition) is 3. The predicted octanol–water partition coefficient (Wildman–Crippen LogP) is 3.08. The van der Waals surface area contributed by atoms with E-state index in [1.807, 2.05) is 0 Å². The Balaban J connectivity index is 2.51. The summed E-state index contributed by atoms with van der Waals surface area (Å²) in [6.45, 7) is 18.2.